The van der Waals surface area contributed by atoms with E-state index in [-0.39, 0.29) is 5.91 Å². The van der Waals surface area contributed by atoms with Crippen LogP contribution in [0, 0.1) is 0 Å². The summed E-state index contributed by atoms with van der Waals surface area (Å²) in [4.78, 5) is 10.9. The summed E-state index contributed by atoms with van der Waals surface area (Å²) in [5, 5.41) is 0. The van der Waals surface area contributed by atoms with Crippen molar-refractivity contribution < 1.29 is 14.3 Å². The molecule has 0 spiro atoms. The van der Waals surface area contributed by atoms with E-state index in [0.717, 1.165) is 31.6 Å². The highest BCUT2D eigenvalue weighted by Crippen LogP contribution is 2.13. The van der Waals surface area contributed by atoms with Crippen LogP contribution in [0.5, 0.6) is 5.75 Å². The van der Waals surface area contributed by atoms with Crippen LogP contribution in [-0.2, 0) is 16.0 Å². The maximum atomic E-state index is 10.9. The fourth-order valence-electron chi connectivity index (χ4n) is 1.62. The van der Waals surface area contributed by atoms with Gasteiger partial charge in [-0.3, -0.25) is 10.2 Å². The predicted molar refractivity (Wildman–Crippen MR) is 73.7 cm³/mol. The Hall–Kier alpha value is -1.59. The number of hydrogen-bond donors (Lipinski definition) is 2. The van der Waals surface area contributed by atoms with Gasteiger partial charge in [-0.1, -0.05) is 12.1 Å². The maximum absolute atomic E-state index is 10.9. The van der Waals surface area contributed by atoms with E-state index in [9.17, 15) is 4.79 Å². The molecule has 0 aliphatic carbocycles. The summed E-state index contributed by atoms with van der Waals surface area (Å²) in [6.07, 6.45) is 2.95. The lowest BCUT2D eigenvalue weighted by atomic mass is 10.1. The lowest BCUT2D eigenvalue weighted by molar-refractivity contribution is -0.121. The molecule has 5 heteroatoms. The second-order valence-corrected chi connectivity index (χ2v) is 4.26. The number of rotatable bonds is 9. The quantitative estimate of drug-likeness (QED) is 0.307. The molecule has 5 nitrogen and oxygen atoms in total. The molecule has 0 unspecified atom stereocenters. The third kappa shape index (κ3) is 6.79. The van der Waals surface area contributed by atoms with Crippen molar-refractivity contribution in [2.45, 2.75) is 25.7 Å². The Balaban J connectivity index is 2.17. The molecule has 1 aromatic carbocycles. The molecular formula is C14H22N2O3. The number of unbranched alkanes of at least 4 members (excludes halogenated alkanes) is 1. The minimum Gasteiger partial charge on any atom is -0.494 e. The van der Waals surface area contributed by atoms with Gasteiger partial charge in [-0.25, -0.2) is 5.84 Å². The monoisotopic (exact) mass is 266 g/mol. The normalized spacial score (nSPS) is 10.2. The second-order valence-electron chi connectivity index (χ2n) is 4.26. The molecule has 0 atom stereocenters. The van der Waals surface area contributed by atoms with E-state index < -0.39 is 0 Å². The van der Waals surface area contributed by atoms with Crippen LogP contribution in [0.2, 0.25) is 0 Å². The van der Waals surface area contributed by atoms with Gasteiger partial charge < -0.3 is 9.47 Å². The summed E-state index contributed by atoms with van der Waals surface area (Å²) < 4.78 is 10.6. The van der Waals surface area contributed by atoms with E-state index in [1.54, 1.807) is 7.11 Å². The topological polar surface area (TPSA) is 73.6 Å². The fourth-order valence-corrected chi connectivity index (χ4v) is 1.62. The Kier molecular flexibility index (Phi) is 7.62. The zero-order valence-corrected chi connectivity index (χ0v) is 11.4. The Morgan fingerprint density at radius 2 is 1.95 bits per heavy atom. The summed E-state index contributed by atoms with van der Waals surface area (Å²) in [5.74, 6) is 5.70. The van der Waals surface area contributed by atoms with Gasteiger partial charge in [0.2, 0.25) is 5.91 Å². The lowest BCUT2D eigenvalue weighted by Gasteiger charge is -2.07. The number of benzene rings is 1. The number of hydrazine groups is 1. The average Bonchev–Trinajstić information content (AvgIpc) is 2.45. The molecule has 0 aromatic heterocycles. The molecule has 1 aromatic rings. The summed E-state index contributed by atoms with van der Waals surface area (Å²) in [5.41, 5.74) is 3.34. The minimum absolute atomic E-state index is 0.137. The molecule has 0 heterocycles. The molecule has 1 rings (SSSR count). The van der Waals surface area contributed by atoms with Crippen molar-refractivity contribution in [1.29, 1.82) is 0 Å². The van der Waals surface area contributed by atoms with Gasteiger partial charge in [-0.15, -0.1) is 0 Å². The highest BCUT2D eigenvalue weighted by Gasteiger charge is 1.99. The fraction of sp³-hybridized carbons (Fsp3) is 0.500. The van der Waals surface area contributed by atoms with Crippen LogP contribution in [0.3, 0.4) is 0 Å². The van der Waals surface area contributed by atoms with Crippen LogP contribution in [0.4, 0.5) is 0 Å². The molecule has 0 aliphatic heterocycles. The van der Waals surface area contributed by atoms with Crippen molar-refractivity contribution in [3.8, 4) is 5.75 Å². The number of carbonyl (C=O) groups is 1. The van der Waals surface area contributed by atoms with Crippen molar-refractivity contribution >= 4 is 5.91 Å². The first-order valence-corrected chi connectivity index (χ1v) is 6.46. The maximum Gasteiger partial charge on any atom is 0.233 e. The van der Waals surface area contributed by atoms with Gasteiger partial charge in [0.15, 0.2) is 0 Å². The third-order valence-electron chi connectivity index (χ3n) is 2.75. The van der Waals surface area contributed by atoms with Crippen molar-refractivity contribution in [1.82, 2.24) is 5.43 Å². The van der Waals surface area contributed by atoms with E-state index in [1.165, 1.54) is 5.56 Å². The zero-order chi connectivity index (χ0) is 13.9. The summed E-state index contributed by atoms with van der Waals surface area (Å²) >= 11 is 0. The number of amides is 1. The molecular weight excluding hydrogens is 244 g/mol. The van der Waals surface area contributed by atoms with Crippen LogP contribution in [0.15, 0.2) is 24.3 Å². The Morgan fingerprint density at radius 3 is 2.58 bits per heavy atom. The van der Waals surface area contributed by atoms with Gasteiger partial charge in [0.05, 0.1) is 13.2 Å². The van der Waals surface area contributed by atoms with E-state index in [0.29, 0.717) is 13.0 Å². The number of ether oxygens (including phenoxy) is 2. The summed E-state index contributed by atoms with van der Waals surface area (Å²) in [6, 6.07) is 7.99. The van der Waals surface area contributed by atoms with Gasteiger partial charge in [0.25, 0.3) is 0 Å². The highest BCUT2D eigenvalue weighted by molar-refractivity contribution is 5.75. The van der Waals surface area contributed by atoms with E-state index >= 15 is 0 Å². The highest BCUT2D eigenvalue weighted by atomic mass is 16.5. The first kappa shape index (κ1) is 15.5. The van der Waals surface area contributed by atoms with Crippen LogP contribution in [0.1, 0.15) is 24.8 Å². The zero-order valence-electron chi connectivity index (χ0n) is 11.4. The molecule has 106 valence electrons. The van der Waals surface area contributed by atoms with E-state index in [2.05, 4.69) is 5.43 Å². The molecule has 3 N–H and O–H groups in total. The van der Waals surface area contributed by atoms with Crippen LogP contribution in [0.25, 0.3) is 0 Å². The van der Waals surface area contributed by atoms with Gasteiger partial charge in [-0.05, 0) is 37.0 Å². The van der Waals surface area contributed by atoms with Crippen LogP contribution < -0.4 is 16.0 Å². The van der Waals surface area contributed by atoms with Crippen molar-refractivity contribution in [2.24, 2.45) is 5.84 Å². The van der Waals surface area contributed by atoms with Crippen molar-refractivity contribution in [3.05, 3.63) is 29.8 Å². The molecule has 0 radical (unpaired) electrons. The Labute approximate surface area is 114 Å². The van der Waals surface area contributed by atoms with Gasteiger partial charge >= 0.3 is 0 Å². The van der Waals surface area contributed by atoms with Gasteiger partial charge in [-0.2, -0.15) is 0 Å². The molecule has 0 bridgehead atoms. The standard InChI is InChI=1S/C14H22N2O3/c1-18-11-9-12-5-7-13(8-6-12)19-10-3-2-4-14(17)16-15/h5-8H,2-4,9-11,15H2,1H3,(H,16,17). The van der Waals surface area contributed by atoms with Crippen molar-refractivity contribution in [3.63, 3.8) is 0 Å². The SMILES string of the molecule is COCCc1ccc(OCCCCC(=O)NN)cc1. The smallest absolute Gasteiger partial charge is 0.233 e. The Morgan fingerprint density at radius 1 is 1.21 bits per heavy atom. The van der Waals surface area contributed by atoms with Crippen molar-refractivity contribution in [2.75, 3.05) is 20.3 Å². The van der Waals surface area contributed by atoms with Gasteiger partial charge in [0.1, 0.15) is 5.75 Å². The first-order chi connectivity index (χ1) is 9.26. The van der Waals surface area contributed by atoms with Gasteiger partial charge in [0, 0.05) is 13.5 Å². The minimum atomic E-state index is -0.137. The molecule has 0 saturated carbocycles. The number of methoxy groups -OCH3 is 1. The lowest BCUT2D eigenvalue weighted by Crippen LogP contribution is -2.29. The molecule has 0 saturated heterocycles. The second kappa shape index (κ2) is 9.35. The average molecular weight is 266 g/mol. The first-order valence-electron chi connectivity index (χ1n) is 6.46. The summed E-state index contributed by atoms with van der Waals surface area (Å²) in [7, 11) is 1.70. The number of carbonyl (C=O) groups excluding carboxylic acids is 1. The number of nitrogens with two attached hydrogens (primary N) is 1. The van der Waals surface area contributed by atoms with E-state index in [4.69, 9.17) is 15.3 Å². The Bertz CT molecular complexity index is 365. The van der Waals surface area contributed by atoms with E-state index in [1.807, 2.05) is 24.3 Å². The predicted octanol–water partition coefficient (Wildman–Crippen LogP) is 1.41. The molecule has 19 heavy (non-hydrogen) atoms. The largest absolute Gasteiger partial charge is 0.494 e. The van der Waals surface area contributed by atoms with Crippen LogP contribution in [-0.4, -0.2) is 26.2 Å². The summed E-state index contributed by atoms with van der Waals surface area (Å²) in [6.45, 7) is 1.33. The third-order valence-corrected chi connectivity index (χ3v) is 2.75. The molecule has 1 amide bonds. The number of hydrogen-bond acceptors (Lipinski definition) is 4. The molecule has 0 aliphatic rings. The molecule has 0 fully saturated rings. The number of nitrogens with one attached hydrogen (secondary N) is 1. The van der Waals surface area contributed by atoms with Crippen LogP contribution >= 0.6 is 0 Å².